The molecule has 10 heavy (non-hydrogen) atoms. The zero-order chi connectivity index (χ0) is 7.56. The fourth-order valence-electron chi connectivity index (χ4n) is 0.648. The van der Waals surface area contributed by atoms with Crippen LogP contribution in [0.1, 0.15) is 6.42 Å². The van der Waals surface area contributed by atoms with Gasteiger partial charge in [-0.1, -0.05) is 27.7 Å². The predicted molar refractivity (Wildman–Crippen MR) is 42.9 cm³/mol. The number of carbonyl (C=O) groups excluding carboxylic acids is 2. The number of hydrogen-bond donors (Lipinski definition) is 1. The molecular weight excluding hydrogens is 218 g/mol. The Kier molecular flexibility index (Phi) is 2.73. The largest absolute Gasteiger partial charge is 0.336 e. The molecule has 1 atom stereocenters. The Morgan fingerprint density at radius 2 is 2.30 bits per heavy atom. The van der Waals surface area contributed by atoms with Gasteiger partial charge in [0.25, 0.3) is 11.0 Å². The predicted octanol–water partition coefficient (Wildman–Crippen LogP) is 0.487. The van der Waals surface area contributed by atoms with Crippen molar-refractivity contribution in [2.75, 3.05) is 5.33 Å². The Balaban J connectivity index is 2.41. The average molecular weight is 224 g/mol. The van der Waals surface area contributed by atoms with Gasteiger partial charge in [-0.2, -0.15) is 0 Å². The maximum absolute atomic E-state index is 10.6. The van der Waals surface area contributed by atoms with Crippen LogP contribution < -0.4 is 5.32 Å². The summed E-state index contributed by atoms with van der Waals surface area (Å²) in [7, 11) is 0. The molecule has 0 radical (unpaired) electrons. The Morgan fingerprint density at radius 1 is 1.60 bits per heavy atom. The molecule has 0 aromatic carbocycles. The van der Waals surface area contributed by atoms with E-state index in [-0.39, 0.29) is 10.5 Å². The van der Waals surface area contributed by atoms with E-state index < -0.39 is 5.91 Å². The average Bonchev–Trinajstić information content (AvgIpc) is 2.14. The topological polar surface area (TPSA) is 46.2 Å². The van der Waals surface area contributed by atoms with Crippen molar-refractivity contribution in [1.82, 2.24) is 5.32 Å². The third-order valence-electron chi connectivity index (χ3n) is 1.10. The molecule has 1 amide bonds. The molecule has 0 aromatic heterocycles. The Bertz CT molecular complexity index is 157. The normalized spacial score (nSPS) is 25.1. The Hall–Kier alpha value is -0.0300. The van der Waals surface area contributed by atoms with Crippen molar-refractivity contribution in [2.45, 2.75) is 11.8 Å². The van der Waals surface area contributed by atoms with E-state index in [0.29, 0.717) is 0 Å². The molecule has 1 fully saturated rings. The lowest BCUT2D eigenvalue weighted by atomic mass is 10.5. The minimum Gasteiger partial charge on any atom is -0.336 e. The molecule has 0 spiro atoms. The molecule has 0 aliphatic carbocycles. The van der Waals surface area contributed by atoms with Crippen LogP contribution in [0.25, 0.3) is 0 Å². The smallest absolute Gasteiger partial charge is 0.299 e. The summed E-state index contributed by atoms with van der Waals surface area (Å²) in [5.74, 6) is -0.462. The monoisotopic (exact) mass is 223 g/mol. The summed E-state index contributed by atoms with van der Waals surface area (Å²) in [6.45, 7) is 0. The molecule has 1 saturated heterocycles. The van der Waals surface area contributed by atoms with Crippen LogP contribution >= 0.6 is 27.7 Å². The molecule has 1 heterocycles. The zero-order valence-electron chi connectivity index (χ0n) is 5.09. The van der Waals surface area contributed by atoms with Gasteiger partial charge < -0.3 is 5.32 Å². The van der Waals surface area contributed by atoms with E-state index in [4.69, 9.17) is 0 Å². The molecule has 0 aromatic rings. The molecule has 5 heteroatoms. The van der Waals surface area contributed by atoms with E-state index >= 15 is 0 Å². The summed E-state index contributed by atoms with van der Waals surface area (Å²) in [6.07, 6.45) is 0.794. The maximum Gasteiger partial charge on any atom is 0.299 e. The minimum atomic E-state index is -0.462. The van der Waals surface area contributed by atoms with Gasteiger partial charge in [0.1, 0.15) is 0 Å². The second kappa shape index (κ2) is 3.39. The summed E-state index contributed by atoms with van der Waals surface area (Å²) < 4.78 is 0. The van der Waals surface area contributed by atoms with Crippen molar-refractivity contribution >= 4 is 38.7 Å². The van der Waals surface area contributed by atoms with Crippen LogP contribution in [-0.2, 0) is 9.59 Å². The number of thioether (sulfide) groups is 1. The SMILES string of the molecule is O=C1NC(CCBr)SC1=O. The van der Waals surface area contributed by atoms with Gasteiger partial charge in [-0.15, -0.1) is 0 Å². The third kappa shape index (κ3) is 1.73. The first-order chi connectivity index (χ1) is 4.74. The lowest BCUT2D eigenvalue weighted by Gasteiger charge is -2.02. The van der Waals surface area contributed by atoms with Crippen LogP contribution in [0.2, 0.25) is 0 Å². The van der Waals surface area contributed by atoms with Crippen molar-refractivity contribution in [3.63, 3.8) is 0 Å². The van der Waals surface area contributed by atoms with Gasteiger partial charge in [-0.3, -0.25) is 9.59 Å². The third-order valence-corrected chi connectivity index (χ3v) is 2.59. The number of hydrogen-bond acceptors (Lipinski definition) is 3. The highest BCUT2D eigenvalue weighted by Gasteiger charge is 2.29. The fraction of sp³-hybridized carbons (Fsp3) is 0.600. The number of rotatable bonds is 2. The first-order valence-corrected chi connectivity index (χ1v) is 4.81. The highest BCUT2D eigenvalue weighted by molar-refractivity contribution is 9.09. The van der Waals surface area contributed by atoms with E-state index in [1.54, 1.807) is 0 Å². The standard InChI is InChI=1S/C5H6BrNO2S/c6-2-1-3-7-4(8)5(9)10-3/h3H,1-2H2,(H,7,8). The van der Waals surface area contributed by atoms with E-state index in [1.807, 2.05) is 0 Å². The van der Waals surface area contributed by atoms with Crippen LogP contribution in [0.3, 0.4) is 0 Å². The molecule has 1 aliphatic heterocycles. The molecule has 56 valence electrons. The molecule has 1 N–H and O–H groups in total. The summed E-state index contributed by atoms with van der Waals surface area (Å²) in [5.41, 5.74) is 0. The van der Waals surface area contributed by atoms with Gasteiger partial charge in [-0.05, 0) is 6.42 Å². The molecule has 1 rings (SSSR count). The number of alkyl halides is 1. The van der Waals surface area contributed by atoms with Crippen LogP contribution in [0.5, 0.6) is 0 Å². The van der Waals surface area contributed by atoms with E-state index in [0.717, 1.165) is 23.5 Å². The van der Waals surface area contributed by atoms with E-state index in [2.05, 4.69) is 21.2 Å². The molecular formula is C5H6BrNO2S. The second-order valence-electron chi connectivity index (χ2n) is 1.85. The van der Waals surface area contributed by atoms with Gasteiger partial charge in [0, 0.05) is 5.33 Å². The van der Waals surface area contributed by atoms with Crippen LogP contribution in [0.4, 0.5) is 0 Å². The van der Waals surface area contributed by atoms with Crippen LogP contribution in [0, 0.1) is 0 Å². The Labute approximate surface area is 71.1 Å². The van der Waals surface area contributed by atoms with Gasteiger partial charge in [0.2, 0.25) is 0 Å². The van der Waals surface area contributed by atoms with Crippen LogP contribution in [-0.4, -0.2) is 21.7 Å². The number of amides is 1. The highest BCUT2D eigenvalue weighted by atomic mass is 79.9. The fourth-order valence-corrected chi connectivity index (χ4v) is 2.23. The van der Waals surface area contributed by atoms with Gasteiger partial charge in [0.15, 0.2) is 0 Å². The molecule has 3 nitrogen and oxygen atoms in total. The quantitative estimate of drug-likeness (QED) is 0.548. The molecule has 0 saturated carbocycles. The lowest BCUT2D eigenvalue weighted by Crippen LogP contribution is -2.25. The summed E-state index contributed by atoms with van der Waals surface area (Å²) in [4.78, 5) is 21.2. The van der Waals surface area contributed by atoms with E-state index in [9.17, 15) is 9.59 Å². The first-order valence-electron chi connectivity index (χ1n) is 2.81. The van der Waals surface area contributed by atoms with Gasteiger partial charge in [0.05, 0.1) is 5.37 Å². The number of halogens is 1. The summed E-state index contributed by atoms with van der Waals surface area (Å²) in [5, 5.41) is 2.97. The van der Waals surface area contributed by atoms with Gasteiger partial charge >= 0.3 is 0 Å². The van der Waals surface area contributed by atoms with Crippen molar-refractivity contribution in [1.29, 1.82) is 0 Å². The second-order valence-corrected chi connectivity index (χ2v) is 3.81. The van der Waals surface area contributed by atoms with Crippen LogP contribution in [0.15, 0.2) is 0 Å². The van der Waals surface area contributed by atoms with Crippen molar-refractivity contribution in [3.05, 3.63) is 0 Å². The lowest BCUT2D eigenvalue weighted by molar-refractivity contribution is -0.132. The highest BCUT2D eigenvalue weighted by Crippen LogP contribution is 2.19. The first kappa shape index (κ1) is 8.07. The Morgan fingerprint density at radius 3 is 2.70 bits per heavy atom. The van der Waals surface area contributed by atoms with Crippen molar-refractivity contribution < 1.29 is 9.59 Å². The number of carbonyl (C=O) groups is 2. The van der Waals surface area contributed by atoms with Crippen molar-refractivity contribution in [2.24, 2.45) is 0 Å². The molecule has 0 bridgehead atoms. The molecule has 1 aliphatic rings. The maximum atomic E-state index is 10.6. The van der Waals surface area contributed by atoms with Crippen molar-refractivity contribution in [3.8, 4) is 0 Å². The summed E-state index contributed by atoms with van der Waals surface area (Å²) >= 11 is 4.29. The van der Waals surface area contributed by atoms with Gasteiger partial charge in [-0.25, -0.2) is 0 Å². The molecule has 1 unspecified atom stereocenters. The zero-order valence-corrected chi connectivity index (χ0v) is 7.50. The number of nitrogens with one attached hydrogen (secondary N) is 1. The van der Waals surface area contributed by atoms with E-state index in [1.165, 1.54) is 0 Å². The summed E-state index contributed by atoms with van der Waals surface area (Å²) in [6, 6.07) is 0. The minimum absolute atomic E-state index is 0.0145.